The summed E-state index contributed by atoms with van der Waals surface area (Å²) in [6.07, 6.45) is 0. The number of benzene rings is 1. The topological polar surface area (TPSA) is 84.2 Å². The van der Waals surface area contributed by atoms with Crippen LogP contribution in [0.4, 0.5) is 4.39 Å². The second-order valence-corrected chi connectivity index (χ2v) is 4.65. The van der Waals surface area contributed by atoms with Crippen molar-refractivity contribution in [1.82, 2.24) is 10.6 Å². The average Bonchev–Trinajstić information content (AvgIpc) is 2.44. The first-order valence-electron chi connectivity index (χ1n) is 6.47. The van der Waals surface area contributed by atoms with E-state index in [2.05, 4.69) is 10.6 Å². The van der Waals surface area contributed by atoms with Gasteiger partial charge in [0.1, 0.15) is 5.82 Å². The maximum absolute atomic E-state index is 13.3. The van der Waals surface area contributed by atoms with Crippen LogP contribution >= 0.6 is 12.4 Å². The van der Waals surface area contributed by atoms with Crippen LogP contribution in [0.15, 0.2) is 18.2 Å². The predicted molar refractivity (Wildman–Crippen MR) is 81.9 cm³/mol. The lowest BCUT2D eigenvalue weighted by Crippen LogP contribution is -2.38. The molecule has 1 aromatic rings. The van der Waals surface area contributed by atoms with E-state index < -0.39 is 5.82 Å². The summed E-state index contributed by atoms with van der Waals surface area (Å²) < 4.78 is 13.3. The van der Waals surface area contributed by atoms with Gasteiger partial charge >= 0.3 is 0 Å². The Morgan fingerprint density at radius 3 is 2.48 bits per heavy atom. The fourth-order valence-corrected chi connectivity index (χ4v) is 1.48. The Labute approximate surface area is 129 Å². The number of amides is 2. The van der Waals surface area contributed by atoms with Gasteiger partial charge in [-0.25, -0.2) is 4.39 Å². The Hall–Kier alpha value is -1.66. The van der Waals surface area contributed by atoms with Gasteiger partial charge in [-0.2, -0.15) is 0 Å². The Balaban J connectivity index is 0.00000400. The fraction of sp³-hybridized carbons (Fsp3) is 0.429. The number of hydrogen-bond donors (Lipinski definition) is 3. The molecule has 0 aliphatic heterocycles. The van der Waals surface area contributed by atoms with E-state index in [9.17, 15) is 14.0 Å². The van der Waals surface area contributed by atoms with Gasteiger partial charge in [-0.15, -0.1) is 12.4 Å². The van der Waals surface area contributed by atoms with Gasteiger partial charge in [0.2, 0.25) is 5.91 Å². The van der Waals surface area contributed by atoms with Gasteiger partial charge in [-0.3, -0.25) is 9.59 Å². The second-order valence-electron chi connectivity index (χ2n) is 4.65. The number of rotatable bonds is 6. The molecule has 0 saturated heterocycles. The van der Waals surface area contributed by atoms with Gasteiger partial charge in [0, 0.05) is 31.1 Å². The van der Waals surface area contributed by atoms with Gasteiger partial charge in [0.05, 0.1) is 0 Å². The standard InChI is InChI=1S/C14H20FN3O2.ClH/c1-9-3-4-11(7-12(9)15)14(20)18-6-5-17-13(19)10(2)8-16;/h3-4,7,10H,5-6,8,16H2,1-2H3,(H,17,19)(H,18,20);1H. The molecule has 0 spiro atoms. The maximum atomic E-state index is 13.3. The molecule has 1 aromatic carbocycles. The number of halogens is 2. The van der Waals surface area contributed by atoms with E-state index in [1.807, 2.05) is 0 Å². The van der Waals surface area contributed by atoms with Crippen LogP contribution in [0.2, 0.25) is 0 Å². The van der Waals surface area contributed by atoms with E-state index in [1.54, 1.807) is 26.0 Å². The van der Waals surface area contributed by atoms with Crippen LogP contribution in [-0.2, 0) is 4.79 Å². The molecule has 1 rings (SSSR count). The van der Waals surface area contributed by atoms with E-state index in [-0.39, 0.29) is 48.8 Å². The quantitative estimate of drug-likeness (QED) is 0.684. The van der Waals surface area contributed by atoms with Crippen molar-refractivity contribution in [3.8, 4) is 0 Å². The molecule has 7 heteroatoms. The van der Waals surface area contributed by atoms with Crippen molar-refractivity contribution in [3.05, 3.63) is 35.1 Å². The van der Waals surface area contributed by atoms with Crippen molar-refractivity contribution >= 4 is 24.2 Å². The lowest BCUT2D eigenvalue weighted by atomic mass is 10.1. The van der Waals surface area contributed by atoms with E-state index in [0.717, 1.165) is 0 Å². The van der Waals surface area contributed by atoms with E-state index in [0.29, 0.717) is 12.1 Å². The third kappa shape index (κ3) is 6.10. The summed E-state index contributed by atoms with van der Waals surface area (Å²) in [5.41, 5.74) is 6.11. The molecule has 5 nitrogen and oxygen atoms in total. The molecule has 1 unspecified atom stereocenters. The van der Waals surface area contributed by atoms with Gasteiger partial charge in [0.15, 0.2) is 0 Å². The summed E-state index contributed by atoms with van der Waals surface area (Å²) in [4.78, 5) is 23.1. The zero-order chi connectivity index (χ0) is 15.1. The lowest BCUT2D eigenvalue weighted by molar-refractivity contribution is -0.124. The molecular weight excluding hydrogens is 297 g/mol. The van der Waals surface area contributed by atoms with Crippen LogP contribution in [-0.4, -0.2) is 31.4 Å². The normalized spacial score (nSPS) is 11.2. The summed E-state index contributed by atoms with van der Waals surface area (Å²) in [6, 6.07) is 4.30. The molecule has 0 aromatic heterocycles. The third-order valence-corrected chi connectivity index (χ3v) is 2.94. The van der Waals surface area contributed by atoms with Crippen LogP contribution in [0, 0.1) is 18.7 Å². The highest BCUT2D eigenvalue weighted by molar-refractivity contribution is 5.94. The van der Waals surface area contributed by atoms with Gasteiger partial charge in [0.25, 0.3) is 5.91 Å². The van der Waals surface area contributed by atoms with Crippen LogP contribution in [0.5, 0.6) is 0 Å². The molecule has 0 aliphatic carbocycles. The fourth-order valence-electron chi connectivity index (χ4n) is 1.48. The van der Waals surface area contributed by atoms with Crippen molar-refractivity contribution in [2.75, 3.05) is 19.6 Å². The lowest BCUT2D eigenvalue weighted by Gasteiger charge is -2.10. The summed E-state index contributed by atoms with van der Waals surface area (Å²) in [7, 11) is 0. The van der Waals surface area contributed by atoms with E-state index >= 15 is 0 Å². The Bertz CT molecular complexity index is 497. The predicted octanol–water partition coefficient (Wildman–Crippen LogP) is 0.997. The minimum atomic E-state index is -0.414. The molecule has 0 fully saturated rings. The number of hydrogen-bond acceptors (Lipinski definition) is 3. The summed E-state index contributed by atoms with van der Waals surface area (Å²) >= 11 is 0. The third-order valence-electron chi connectivity index (χ3n) is 2.94. The Kier molecular flexibility index (Phi) is 8.57. The molecule has 0 radical (unpaired) electrons. The molecule has 0 saturated carbocycles. The minimum absolute atomic E-state index is 0. The number of nitrogens with two attached hydrogens (primary N) is 1. The minimum Gasteiger partial charge on any atom is -0.354 e. The van der Waals surface area contributed by atoms with E-state index in [4.69, 9.17) is 5.73 Å². The van der Waals surface area contributed by atoms with Crippen molar-refractivity contribution in [3.63, 3.8) is 0 Å². The van der Waals surface area contributed by atoms with Gasteiger partial charge < -0.3 is 16.4 Å². The molecule has 118 valence electrons. The Morgan fingerprint density at radius 2 is 1.90 bits per heavy atom. The number of carbonyl (C=O) groups excluding carboxylic acids is 2. The SMILES string of the molecule is Cc1ccc(C(=O)NCCNC(=O)C(C)CN)cc1F.Cl. The van der Waals surface area contributed by atoms with Crippen molar-refractivity contribution in [2.45, 2.75) is 13.8 Å². The number of aryl methyl sites for hydroxylation is 1. The first-order chi connectivity index (χ1) is 9.45. The molecule has 21 heavy (non-hydrogen) atoms. The average molecular weight is 318 g/mol. The van der Waals surface area contributed by atoms with Gasteiger partial charge in [-0.1, -0.05) is 13.0 Å². The van der Waals surface area contributed by atoms with Crippen molar-refractivity contribution in [2.24, 2.45) is 11.7 Å². The molecule has 2 amide bonds. The largest absolute Gasteiger partial charge is 0.354 e. The maximum Gasteiger partial charge on any atom is 0.251 e. The van der Waals surface area contributed by atoms with Crippen LogP contribution in [0.1, 0.15) is 22.8 Å². The first kappa shape index (κ1) is 19.3. The molecular formula is C14H21ClFN3O2. The van der Waals surface area contributed by atoms with Gasteiger partial charge in [-0.05, 0) is 24.6 Å². The van der Waals surface area contributed by atoms with Crippen LogP contribution in [0.25, 0.3) is 0 Å². The van der Waals surface area contributed by atoms with Crippen molar-refractivity contribution in [1.29, 1.82) is 0 Å². The summed E-state index contributed by atoms with van der Waals surface area (Å²) in [5.74, 6) is -1.19. The molecule has 0 heterocycles. The smallest absolute Gasteiger partial charge is 0.251 e. The molecule has 4 N–H and O–H groups in total. The highest BCUT2D eigenvalue weighted by Crippen LogP contribution is 2.08. The zero-order valence-corrected chi connectivity index (χ0v) is 12.9. The van der Waals surface area contributed by atoms with E-state index in [1.165, 1.54) is 6.07 Å². The number of carbonyl (C=O) groups is 2. The molecule has 0 bridgehead atoms. The highest BCUT2D eigenvalue weighted by atomic mass is 35.5. The Morgan fingerprint density at radius 1 is 1.29 bits per heavy atom. The monoisotopic (exact) mass is 317 g/mol. The highest BCUT2D eigenvalue weighted by Gasteiger charge is 2.10. The molecule has 1 atom stereocenters. The summed E-state index contributed by atoms with van der Waals surface area (Å²) in [5, 5.41) is 5.26. The zero-order valence-electron chi connectivity index (χ0n) is 12.1. The first-order valence-corrected chi connectivity index (χ1v) is 6.47. The van der Waals surface area contributed by atoms with Crippen LogP contribution in [0.3, 0.4) is 0 Å². The second kappa shape index (κ2) is 9.31. The molecule has 0 aliphatic rings. The summed E-state index contributed by atoms with van der Waals surface area (Å²) in [6.45, 7) is 4.22. The van der Waals surface area contributed by atoms with Crippen LogP contribution < -0.4 is 16.4 Å². The number of nitrogens with one attached hydrogen (secondary N) is 2. The van der Waals surface area contributed by atoms with Crippen molar-refractivity contribution < 1.29 is 14.0 Å².